The molecule has 1 N–H and O–H groups in total. The van der Waals surface area contributed by atoms with E-state index in [0.717, 1.165) is 24.1 Å². The van der Waals surface area contributed by atoms with Crippen LogP contribution in [0.5, 0.6) is 0 Å². The van der Waals surface area contributed by atoms with Crippen LogP contribution in [0.1, 0.15) is 86.5 Å². The number of hydrogen-bond donors (Lipinski definition) is 1. The van der Waals surface area contributed by atoms with Crippen molar-refractivity contribution in [1.82, 2.24) is 20.0 Å². The predicted molar refractivity (Wildman–Crippen MR) is 125 cm³/mol. The Balaban J connectivity index is 1.31. The topological polar surface area (TPSA) is 35.2 Å². The molecule has 1 aliphatic heterocycles. The van der Waals surface area contributed by atoms with E-state index in [1.54, 1.807) is 5.56 Å². The van der Waals surface area contributed by atoms with Gasteiger partial charge in [-0.3, -0.25) is 14.9 Å². The molecule has 0 spiro atoms. The molecule has 0 bridgehead atoms. The monoisotopic (exact) mass is 408 g/mol. The lowest BCUT2D eigenvalue weighted by atomic mass is 9.71. The summed E-state index contributed by atoms with van der Waals surface area (Å²) in [5.41, 5.74) is 6.76. The fourth-order valence-corrected chi connectivity index (χ4v) is 5.71. The summed E-state index contributed by atoms with van der Waals surface area (Å²) in [6.07, 6.45) is 5.39. The second-order valence-corrected chi connectivity index (χ2v) is 10.1. The number of nitrogens with one attached hydrogen (secondary N) is 1. The highest BCUT2D eigenvalue weighted by Gasteiger charge is 2.34. The number of rotatable bonds is 8. The molecule has 0 radical (unpaired) electrons. The normalized spacial score (nSPS) is 23.3. The van der Waals surface area contributed by atoms with Gasteiger partial charge in [-0.25, -0.2) is 0 Å². The molecule has 2 heterocycles. The Morgan fingerprint density at radius 2 is 1.73 bits per heavy atom. The highest BCUT2D eigenvalue weighted by molar-refractivity contribution is 5.28. The summed E-state index contributed by atoms with van der Waals surface area (Å²) >= 11 is 0. The van der Waals surface area contributed by atoms with E-state index in [-0.39, 0.29) is 0 Å². The van der Waals surface area contributed by atoms with Crippen molar-refractivity contribution in [3.63, 3.8) is 0 Å². The first-order valence-corrected chi connectivity index (χ1v) is 12.0. The van der Waals surface area contributed by atoms with Gasteiger partial charge in [0.25, 0.3) is 0 Å². The smallest absolute Gasteiger partial charge is 0.0641 e. The number of aromatic nitrogens is 2. The standard InChI is InChI=1S/C26H40N4/c1-18(2)30(21(5)26-19(3)27-28-20(26)4)17-23-14-25(15-23)24-10-8-22(9-11-24)16-29-12-6-7-13-29/h8-11,18,21,23,25H,6-7,12-17H2,1-5H3,(H,27,28). The summed E-state index contributed by atoms with van der Waals surface area (Å²) < 4.78 is 0. The maximum atomic E-state index is 4.43. The number of hydrogen-bond acceptors (Lipinski definition) is 3. The minimum absolute atomic E-state index is 0.410. The first kappa shape index (κ1) is 21.6. The zero-order valence-corrected chi connectivity index (χ0v) is 19.6. The largest absolute Gasteiger partial charge is 0.299 e. The second-order valence-electron chi connectivity index (χ2n) is 10.1. The summed E-state index contributed by atoms with van der Waals surface area (Å²) in [5.74, 6) is 1.55. The molecule has 1 saturated heterocycles. The Hall–Kier alpha value is -1.65. The molecule has 2 aromatic rings. The number of benzene rings is 1. The molecule has 4 rings (SSSR count). The Kier molecular flexibility index (Phi) is 6.64. The minimum Gasteiger partial charge on any atom is -0.299 e. The van der Waals surface area contributed by atoms with Gasteiger partial charge in [0.05, 0.1) is 5.69 Å². The fraction of sp³-hybridized carbons (Fsp3) is 0.654. The van der Waals surface area contributed by atoms with Crippen LogP contribution in [0.2, 0.25) is 0 Å². The third-order valence-corrected chi connectivity index (χ3v) is 7.52. The van der Waals surface area contributed by atoms with Crippen molar-refractivity contribution in [2.75, 3.05) is 19.6 Å². The maximum absolute atomic E-state index is 4.43. The van der Waals surface area contributed by atoms with Gasteiger partial charge in [-0.05, 0) is 96.4 Å². The van der Waals surface area contributed by atoms with Gasteiger partial charge in [-0.1, -0.05) is 24.3 Å². The molecule has 1 atom stereocenters. The van der Waals surface area contributed by atoms with E-state index in [1.165, 1.54) is 62.1 Å². The summed E-state index contributed by atoms with van der Waals surface area (Å²) in [5, 5.41) is 7.60. The number of aryl methyl sites for hydroxylation is 2. The summed E-state index contributed by atoms with van der Waals surface area (Å²) in [6.45, 7) is 16.1. The van der Waals surface area contributed by atoms with Crippen LogP contribution < -0.4 is 0 Å². The van der Waals surface area contributed by atoms with E-state index in [4.69, 9.17) is 0 Å². The molecule has 2 fully saturated rings. The minimum atomic E-state index is 0.410. The molecule has 1 aliphatic carbocycles. The van der Waals surface area contributed by atoms with Crippen molar-refractivity contribution in [2.45, 2.75) is 84.8 Å². The van der Waals surface area contributed by atoms with Crippen molar-refractivity contribution >= 4 is 0 Å². The van der Waals surface area contributed by atoms with Gasteiger partial charge in [0.15, 0.2) is 0 Å². The summed E-state index contributed by atoms with van der Waals surface area (Å²) in [7, 11) is 0. The van der Waals surface area contributed by atoms with Crippen molar-refractivity contribution in [3.8, 4) is 0 Å². The highest BCUT2D eigenvalue weighted by atomic mass is 15.2. The van der Waals surface area contributed by atoms with E-state index in [0.29, 0.717) is 12.1 Å². The third kappa shape index (κ3) is 4.65. The Morgan fingerprint density at radius 1 is 1.07 bits per heavy atom. The van der Waals surface area contributed by atoms with Crippen LogP contribution in [0.25, 0.3) is 0 Å². The van der Waals surface area contributed by atoms with Gasteiger partial charge in [-0.2, -0.15) is 5.10 Å². The zero-order chi connectivity index (χ0) is 21.3. The Morgan fingerprint density at radius 3 is 2.30 bits per heavy atom. The van der Waals surface area contributed by atoms with Crippen molar-refractivity contribution in [3.05, 3.63) is 52.3 Å². The van der Waals surface area contributed by atoms with Gasteiger partial charge in [0.1, 0.15) is 0 Å². The van der Waals surface area contributed by atoms with Crippen LogP contribution in [0.4, 0.5) is 0 Å². The first-order chi connectivity index (χ1) is 14.4. The van der Waals surface area contributed by atoms with Crippen LogP contribution in [0.15, 0.2) is 24.3 Å². The fourth-order valence-electron chi connectivity index (χ4n) is 5.71. The average molecular weight is 409 g/mol. The lowest BCUT2D eigenvalue weighted by Gasteiger charge is -2.42. The first-order valence-electron chi connectivity index (χ1n) is 12.0. The Bertz CT molecular complexity index is 791. The summed E-state index contributed by atoms with van der Waals surface area (Å²) in [6, 6.07) is 10.5. The van der Waals surface area contributed by atoms with E-state index in [2.05, 4.69) is 78.9 Å². The van der Waals surface area contributed by atoms with Gasteiger partial charge >= 0.3 is 0 Å². The van der Waals surface area contributed by atoms with Crippen LogP contribution in [0, 0.1) is 19.8 Å². The predicted octanol–water partition coefficient (Wildman–Crippen LogP) is 5.59. The van der Waals surface area contributed by atoms with Crippen LogP contribution in [0.3, 0.4) is 0 Å². The molecule has 2 aliphatic rings. The zero-order valence-electron chi connectivity index (χ0n) is 19.6. The number of H-pyrrole nitrogens is 1. The molecule has 0 amide bonds. The van der Waals surface area contributed by atoms with E-state index < -0.39 is 0 Å². The molecular weight excluding hydrogens is 368 g/mol. The lowest BCUT2D eigenvalue weighted by molar-refractivity contribution is 0.0974. The average Bonchev–Trinajstić information content (AvgIpc) is 3.30. The van der Waals surface area contributed by atoms with Crippen LogP contribution in [-0.2, 0) is 6.54 Å². The van der Waals surface area contributed by atoms with Gasteiger partial charge in [-0.15, -0.1) is 0 Å². The number of nitrogens with zero attached hydrogens (tertiary/aromatic N) is 3. The number of aromatic amines is 1. The third-order valence-electron chi connectivity index (χ3n) is 7.52. The quantitative estimate of drug-likeness (QED) is 0.618. The van der Waals surface area contributed by atoms with Gasteiger partial charge < -0.3 is 0 Å². The molecule has 1 saturated carbocycles. The molecule has 4 nitrogen and oxygen atoms in total. The summed E-state index contributed by atoms with van der Waals surface area (Å²) in [4.78, 5) is 5.25. The van der Waals surface area contributed by atoms with Crippen molar-refractivity contribution < 1.29 is 0 Å². The van der Waals surface area contributed by atoms with Crippen LogP contribution >= 0.6 is 0 Å². The molecular formula is C26H40N4. The highest BCUT2D eigenvalue weighted by Crippen LogP contribution is 2.43. The molecule has 30 heavy (non-hydrogen) atoms. The Labute approximate surface area is 183 Å². The molecule has 4 heteroatoms. The van der Waals surface area contributed by atoms with Gasteiger partial charge in [0.2, 0.25) is 0 Å². The molecule has 164 valence electrons. The van der Waals surface area contributed by atoms with Gasteiger partial charge in [0, 0.05) is 36.4 Å². The van der Waals surface area contributed by atoms with E-state index in [1.807, 2.05) is 0 Å². The van der Waals surface area contributed by atoms with E-state index >= 15 is 0 Å². The van der Waals surface area contributed by atoms with Crippen LogP contribution in [-0.4, -0.2) is 45.7 Å². The lowest BCUT2D eigenvalue weighted by Crippen LogP contribution is -2.41. The van der Waals surface area contributed by atoms with Crippen molar-refractivity contribution in [1.29, 1.82) is 0 Å². The van der Waals surface area contributed by atoms with Crippen molar-refractivity contribution in [2.24, 2.45) is 5.92 Å². The molecule has 1 unspecified atom stereocenters. The maximum Gasteiger partial charge on any atom is 0.0641 e. The SMILES string of the molecule is Cc1n[nH]c(C)c1C(C)N(CC1CC(c2ccc(CN3CCCC3)cc2)C1)C(C)C. The number of likely N-dealkylation sites (tertiary alicyclic amines) is 1. The second kappa shape index (κ2) is 9.23. The molecule has 1 aromatic carbocycles. The van der Waals surface area contributed by atoms with E-state index in [9.17, 15) is 0 Å². The molecule has 1 aromatic heterocycles.